The Bertz CT molecular complexity index is 511. The number of hydrogen-bond acceptors (Lipinski definition) is 2. The molecule has 4 heteroatoms. The molecule has 0 spiro atoms. The summed E-state index contributed by atoms with van der Waals surface area (Å²) in [6, 6.07) is 13.0. The minimum Gasteiger partial charge on any atom is -0.296 e. The lowest BCUT2D eigenvalue weighted by Crippen LogP contribution is -2.26. The summed E-state index contributed by atoms with van der Waals surface area (Å²) in [7, 11) is 1.72. The molecule has 0 saturated carbocycles. The minimum atomic E-state index is -0.0555. The van der Waals surface area contributed by atoms with Gasteiger partial charge in [0.1, 0.15) is 5.82 Å². The molecule has 0 fully saturated rings. The SMILES string of the molecule is CN(C(=O)c1ccc(I)cc1)c1ccccn1. The molecule has 0 N–H and O–H groups in total. The molecule has 0 unspecified atom stereocenters. The minimum absolute atomic E-state index is 0.0555. The first-order valence-electron chi connectivity index (χ1n) is 5.13. The number of pyridine rings is 1. The van der Waals surface area contributed by atoms with Gasteiger partial charge in [-0.25, -0.2) is 4.98 Å². The second kappa shape index (κ2) is 5.27. The van der Waals surface area contributed by atoms with Gasteiger partial charge in [-0.1, -0.05) is 6.07 Å². The second-order valence-corrected chi connectivity index (χ2v) is 4.80. The summed E-state index contributed by atoms with van der Waals surface area (Å²) in [5.41, 5.74) is 0.665. The number of hydrogen-bond donors (Lipinski definition) is 0. The number of anilines is 1. The first-order chi connectivity index (χ1) is 8.18. The number of nitrogens with zero attached hydrogens (tertiary/aromatic N) is 2. The topological polar surface area (TPSA) is 33.2 Å². The summed E-state index contributed by atoms with van der Waals surface area (Å²) in [6.45, 7) is 0. The van der Waals surface area contributed by atoms with E-state index in [0.29, 0.717) is 11.4 Å². The van der Waals surface area contributed by atoms with Crippen molar-refractivity contribution in [2.75, 3.05) is 11.9 Å². The number of carbonyl (C=O) groups excluding carboxylic acids is 1. The van der Waals surface area contributed by atoms with Gasteiger partial charge in [0, 0.05) is 22.4 Å². The zero-order valence-corrected chi connectivity index (χ0v) is 11.5. The van der Waals surface area contributed by atoms with Crippen molar-refractivity contribution in [1.29, 1.82) is 0 Å². The maximum absolute atomic E-state index is 12.1. The van der Waals surface area contributed by atoms with Crippen LogP contribution >= 0.6 is 22.6 Å². The molecule has 3 nitrogen and oxygen atoms in total. The summed E-state index contributed by atoms with van der Waals surface area (Å²) < 4.78 is 1.11. The lowest BCUT2D eigenvalue weighted by molar-refractivity contribution is 0.0992. The summed E-state index contributed by atoms with van der Waals surface area (Å²) in [5, 5.41) is 0. The van der Waals surface area contributed by atoms with Gasteiger partial charge in [-0.2, -0.15) is 0 Å². The number of halogens is 1. The highest BCUT2D eigenvalue weighted by atomic mass is 127. The van der Waals surface area contributed by atoms with Crippen molar-refractivity contribution >= 4 is 34.3 Å². The van der Waals surface area contributed by atoms with Crippen molar-refractivity contribution < 1.29 is 4.79 Å². The van der Waals surface area contributed by atoms with Gasteiger partial charge in [0.25, 0.3) is 5.91 Å². The number of aromatic nitrogens is 1. The fraction of sp³-hybridized carbons (Fsp3) is 0.0769. The molecular weight excluding hydrogens is 327 g/mol. The van der Waals surface area contributed by atoms with Crippen molar-refractivity contribution in [2.45, 2.75) is 0 Å². The highest BCUT2D eigenvalue weighted by molar-refractivity contribution is 14.1. The Labute approximate surface area is 114 Å². The third-order valence-electron chi connectivity index (χ3n) is 2.39. The van der Waals surface area contributed by atoms with Crippen LogP contribution < -0.4 is 4.90 Å². The normalized spacial score (nSPS) is 10.0. The Hall–Kier alpha value is -1.43. The number of rotatable bonds is 2. The Balaban J connectivity index is 2.23. The molecule has 1 amide bonds. The smallest absolute Gasteiger partial charge is 0.259 e. The van der Waals surface area contributed by atoms with Crippen molar-refractivity contribution in [2.24, 2.45) is 0 Å². The maximum atomic E-state index is 12.1. The van der Waals surface area contributed by atoms with Crippen LogP contribution in [-0.4, -0.2) is 17.9 Å². The van der Waals surface area contributed by atoms with Gasteiger partial charge in [-0.15, -0.1) is 0 Å². The van der Waals surface area contributed by atoms with Crippen molar-refractivity contribution in [3.8, 4) is 0 Å². The van der Waals surface area contributed by atoms with E-state index in [1.54, 1.807) is 18.1 Å². The van der Waals surface area contributed by atoms with E-state index in [-0.39, 0.29) is 5.91 Å². The van der Waals surface area contributed by atoms with Gasteiger partial charge >= 0.3 is 0 Å². The number of carbonyl (C=O) groups is 1. The summed E-state index contributed by atoms with van der Waals surface area (Å²) in [5.74, 6) is 0.594. The molecule has 0 aliphatic carbocycles. The highest BCUT2D eigenvalue weighted by Crippen LogP contribution is 2.13. The van der Waals surface area contributed by atoms with Gasteiger partial charge < -0.3 is 0 Å². The molecule has 0 saturated heterocycles. The molecule has 0 radical (unpaired) electrons. The van der Waals surface area contributed by atoms with Crippen LogP contribution in [0.4, 0.5) is 5.82 Å². The lowest BCUT2D eigenvalue weighted by atomic mass is 10.2. The lowest BCUT2D eigenvalue weighted by Gasteiger charge is -2.15. The number of amides is 1. The highest BCUT2D eigenvalue weighted by Gasteiger charge is 2.13. The Morgan fingerprint density at radius 2 is 1.88 bits per heavy atom. The second-order valence-electron chi connectivity index (χ2n) is 3.56. The Morgan fingerprint density at radius 3 is 2.47 bits per heavy atom. The molecule has 1 aromatic heterocycles. The van der Waals surface area contributed by atoms with Crippen LogP contribution in [0.2, 0.25) is 0 Å². The van der Waals surface area contributed by atoms with E-state index in [1.807, 2.05) is 42.5 Å². The molecule has 0 bridgehead atoms. The van der Waals surface area contributed by atoms with E-state index in [0.717, 1.165) is 3.57 Å². The predicted octanol–water partition coefficient (Wildman–Crippen LogP) is 2.96. The third-order valence-corrected chi connectivity index (χ3v) is 3.11. The van der Waals surface area contributed by atoms with Gasteiger partial charge in [-0.05, 0) is 59.0 Å². The van der Waals surface area contributed by atoms with E-state index in [1.165, 1.54) is 0 Å². The van der Waals surface area contributed by atoms with E-state index >= 15 is 0 Å². The monoisotopic (exact) mass is 338 g/mol. The molecule has 1 heterocycles. The zero-order chi connectivity index (χ0) is 12.3. The fourth-order valence-corrected chi connectivity index (χ4v) is 1.80. The molecule has 1 aromatic carbocycles. The first-order valence-corrected chi connectivity index (χ1v) is 6.21. The summed E-state index contributed by atoms with van der Waals surface area (Å²) in [4.78, 5) is 17.8. The average molecular weight is 338 g/mol. The van der Waals surface area contributed by atoms with Crippen molar-refractivity contribution in [3.63, 3.8) is 0 Å². The van der Waals surface area contributed by atoms with Crippen molar-refractivity contribution in [1.82, 2.24) is 4.98 Å². The largest absolute Gasteiger partial charge is 0.296 e. The summed E-state index contributed by atoms with van der Waals surface area (Å²) in [6.07, 6.45) is 1.67. The molecule has 2 rings (SSSR count). The van der Waals surface area contributed by atoms with E-state index in [2.05, 4.69) is 27.6 Å². The van der Waals surface area contributed by atoms with Crippen molar-refractivity contribution in [3.05, 3.63) is 57.8 Å². The zero-order valence-electron chi connectivity index (χ0n) is 9.30. The average Bonchev–Trinajstić information content (AvgIpc) is 2.39. The first kappa shape index (κ1) is 12.0. The quantitative estimate of drug-likeness (QED) is 0.789. The van der Waals surface area contributed by atoms with Gasteiger partial charge in [0.05, 0.1) is 0 Å². The van der Waals surface area contributed by atoms with Gasteiger partial charge in [0.15, 0.2) is 0 Å². The maximum Gasteiger partial charge on any atom is 0.259 e. The van der Waals surface area contributed by atoms with Gasteiger partial charge in [0.2, 0.25) is 0 Å². The van der Waals surface area contributed by atoms with Crippen LogP contribution in [0.25, 0.3) is 0 Å². The van der Waals surface area contributed by atoms with E-state index in [9.17, 15) is 4.79 Å². The van der Waals surface area contributed by atoms with Gasteiger partial charge in [-0.3, -0.25) is 9.69 Å². The van der Waals surface area contributed by atoms with Crippen LogP contribution in [0.1, 0.15) is 10.4 Å². The van der Waals surface area contributed by atoms with E-state index < -0.39 is 0 Å². The molecule has 0 aliphatic heterocycles. The molecule has 2 aromatic rings. The molecule has 86 valence electrons. The molecule has 0 atom stereocenters. The molecular formula is C13H11IN2O. The predicted molar refractivity (Wildman–Crippen MR) is 76.1 cm³/mol. The van der Waals surface area contributed by atoms with Crippen LogP contribution in [0, 0.1) is 3.57 Å². The van der Waals surface area contributed by atoms with Crippen LogP contribution in [0.15, 0.2) is 48.7 Å². The Kier molecular flexibility index (Phi) is 3.73. The molecule has 17 heavy (non-hydrogen) atoms. The number of benzene rings is 1. The standard InChI is InChI=1S/C13H11IN2O/c1-16(12-4-2-3-9-15-12)13(17)10-5-7-11(14)8-6-10/h2-9H,1H3. The van der Waals surface area contributed by atoms with Crippen LogP contribution in [0.5, 0.6) is 0 Å². The summed E-state index contributed by atoms with van der Waals surface area (Å²) >= 11 is 2.21. The van der Waals surface area contributed by atoms with Crippen LogP contribution in [0.3, 0.4) is 0 Å². The fourth-order valence-electron chi connectivity index (χ4n) is 1.44. The molecule has 0 aliphatic rings. The Morgan fingerprint density at radius 1 is 1.18 bits per heavy atom. The van der Waals surface area contributed by atoms with E-state index in [4.69, 9.17) is 0 Å². The van der Waals surface area contributed by atoms with Crippen LogP contribution in [-0.2, 0) is 0 Å². The third kappa shape index (κ3) is 2.82.